The van der Waals surface area contributed by atoms with E-state index < -0.39 is 6.10 Å². The van der Waals surface area contributed by atoms with Crippen LogP contribution in [0.3, 0.4) is 0 Å². The molecule has 0 aliphatic carbocycles. The third-order valence-corrected chi connectivity index (χ3v) is 7.22. The van der Waals surface area contributed by atoms with Gasteiger partial charge in [-0.2, -0.15) is 5.10 Å². The van der Waals surface area contributed by atoms with E-state index >= 15 is 0 Å². The summed E-state index contributed by atoms with van der Waals surface area (Å²) in [6.07, 6.45) is -0.647. The zero-order chi connectivity index (χ0) is 24.7. The molecule has 2 aromatic heterocycles. The van der Waals surface area contributed by atoms with Crippen molar-refractivity contribution in [3.8, 4) is 22.4 Å². The van der Waals surface area contributed by atoms with Crippen molar-refractivity contribution in [3.63, 3.8) is 0 Å². The maximum Gasteiger partial charge on any atom is 0.0914 e. The lowest BCUT2D eigenvalue weighted by molar-refractivity contribution is 0.131. The maximum absolute atomic E-state index is 11.3. The van der Waals surface area contributed by atoms with Crippen molar-refractivity contribution in [2.45, 2.75) is 46.9 Å². The van der Waals surface area contributed by atoms with Gasteiger partial charge < -0.3 is 9.67 Å². The Hall–Kier alpha value is -3.34. The number of aliphatic hydroxyl groups excluding tert-OH is 1. The predicted molar refractivity (Wildman–Crippen MR) is 145 cm³/mol. The Morgan fingerprint density at radius 2 is 1.49 bits per heavy atom. The van der Waals surface area contributed by atoms with Crippen molar-refractivity contribution < 1.29 is 5.11 Å². The van der Waals surface area contributed by atoms with Crippen molar-refractivity contribution in [1.82, 2.24) is 14.3 Å². The molecule has 0 saturated carbocycles. The third-order valence-electron chi connectivity index (χ3n) is 6.67. The minimum Gasteiger partial charge on any atom is -0.389 e. The van der Waals surface area contributed by atoms with Crippen LogP contribution in [0.1, 0.15) is 22.5 Å². The normalized spacial score (nSPS) is 12.4. The minimum absolute atomic E-state index is 0.374. The number of hydrogen-bond acceptors (Lipinski definition) is 2. The number of aryl methyl sites for hydroxylation is 3. The van der Waals surface area contributed by atoms with Gasteiger partial charge in [-0.3, -0.25) is 4.68 Å². The summed E-state index contributed by atoms with van der Waals surface area (Å²) in [4.78, 5) is 0. The largest absolute Gasteiger partial charge is 0.389 e. The van der Waals surface area contributed by atoms with E-state index in [4.69, 9.17) is 11.6 Å². The van der Waals surface area contributed by atoms with Gasteiger partial charge in [-0.25, -0.2) is 0 Å². The monoisotopic (exact) mass is 483 g/mol. The number of halogens is 1. The number of hydrogen-bond donors (Lipinski definition) is 1. The predicted octanol–water partition coefficient (Wildman–Crippen LogP) is 7.12. The smallest absolute Gasteiger partial charge is 0.0914 e. The number of rotatable bonds is 6. The molecule has 0 spiro atoms. The van der Waals surface area contributed by atoms with Crippen LogP contribution >= 0.6 is 11.6 Å². The summed E-state index contributed by atoms with van der Waals surface area (Å²) < 4.78 is 4.10. The van der Waals surface area contributed by atoms with Crippen LogP contribution in [-0.2, 0) is 13.1 Å². The van der Waals surface area contributed by atoms with E-state index in [1.54, 1.807) is 0 Å². The van der Waals surface area contributed by atoms with E-state index in [-0.39, 0.29) is 0 Å². The molecule has 1 atom stereocenters. The summed E-state index contributed by atoms with van der Waals surface area (Å²) in [6.45, 7) is 8.94. The highest BCUT2D eigenvalue weighted by atomic mass is 35.5. The SMILES string of the molecule is Cc1cc(C)c2c(c1)c(-c1ccccc1)c(-c1ccccc1)n2C[C@H](O)Cn1nc(C)c(Cl)c1C. The summed E-state index contributed by atoms with van der Waals surface area (Å²) in [7, 11) is 0. The van der Waals surface area contributed by atoms with E-state index in [9.17, 15) is 5.11 Å². The molecule has 0 bridgehead atoms. The number of fused-ring (bicyclic) bond motifs is 1. The van der Waals surface area contributed by atoms with Gasteiger partial charge in [-0.15, -0.1) is 0 Å². The van der Waals surface area contributed by atoms with Gasteiger partial charge >= 0.3 is 0 Å². The Bertz CT molecular complexity index is 1500. The zero-order valence-electron chi connectivity index (χ0n) is 20.6. The van der Waals surface area contributed by atoms with Gasteiger partial charge in [0.2, 0.25) is 0 Å². The van der Waals surface area contributed by atoms with Gasteiger partial charge in [0.1, 0.15) is 0 Å². The molecule has 0 fully saturated rings. The first kappa shape index (κ1) is 23.4. The molecule has 0 amide bonds. The molecule has 5 heteroatoms. The summed E-state index contributed by atoms with van der Waals surface area (Å²) in [5.74, 6) is 0. The van der Waals surface area contributed by atoms with Crippen molar-refractivity contribution in [2.75, 3.05) is 0 Å². The first-order valence-electron chi connectivity index (χ1n) is 12.0. The zero-order valence-corrected chi connectivity index (χ0v) is 21.3. The quantitative estimate of drug-likeness (QED) is 0.279. The highest BCUT2D eigenvalue weighted by molar-refractivity contribution is 6.31. The molecule has 0 saturated heterocycles. The van der Waals surface area contributed by atoms with Crippen LogP contribution in [0.5, 0.6) is 0 Å². The Balaban J connectivity index is 1.72. The number of aliphatic hydroxyl groups is 1. The van der Waals surface area contributed by atoms with Crippen molar-refractivity contribution >= 4 is 22.5 Å². The van der Waals surface area contributed by atoms with E-state index in [0.717, 1.165) is 28.2 Å². The minimum atomic E-state index is -0.647. The van der Waals surface area contributed by atoms with Crippen LogP contribution in [0.2, 0.25) is 5.02 Å². The Kier molecular flexibility index (Phi) is 6.26. The molecule has 178 valence electrons. The van der Waals surface area contributed by atoms with Crippen molar-refractivity contribution in [1.29, 1.82) is 0 Å². The van der Waals surface area contributed by atoms with E-state index in [2.05, 4.69) is 84.2 Å². The second kappa shape index (κ2) is 9.37. The molecule has 5 rings (SSSR count). The third kappa shape index (κ3) is 4.29. The lowest BCUT2D eigenvalue weighted by Crippen LogP contribution is -2.24. The average Bonchev–Trinajstić information content (AvgIpc) is 3.29. The lowest BCUT2D eigenvalue weighted by atomic mass is 9.97. The molecular formula is C30H30ClN3O. The van der Waals surface area contributed by atoms with Crippen LogP contribution in [0.4, 0.5) is 0 Å². The summed E-state index contributed by atoms with van der Waals surface area (Å²) in [5.41, 5.74) is 9.83. The van der Waals surface area contributed by atoms with Crippen LogP contribution < -0.4 is 0 Å². The van der Waals surface area contributed by atoms with Crippen molar-refractivity contribution in [2.24, 2.45) is 0 Å². The molecule has 0 aliphatic rings. The number of aromatic nitrogens is 3. The van der Waals surface area contributed by atoms with Crippen LogP contribution in [-0.4, -0.2) is 25.6 Å². The molecular weight excluding hydrogens is 454 g/mol. The highest BCUT2D eigenvalue weighted by Crippen LogP contribution is 2.42. The molecule has 0 unspecified atom stereocenters. The van der Waals surface area contributed by atoms with Gasteiger partial charge in [0, 0.05) is 10.9 Å². The van der Waals surface area contributed by atoms with Gasteiger partial charge in [-0.05, 0) is 50.5 Å². The second-order valence-electron chi connectivity index (χ2n) is 9.36. The summed E-state index contributed by atoms with van der Waals surface area (Å²) in [6, 6.07) is 25.5. The Morgan fingerprint density at radius 3 is 2.09 bits per heavy atom. The van der Waals surface area contributed by atoms with Gasteiger partial charge in [-0.1, -0.05) is 83.9 Å². The molecule has 4 nitrogen and oxygen atoms in total. The molecule has 35 heavy (non-hydrogen) atoms. The van der Waals surface area contributed by atoms with Crippen molar-refractivity contribution in [3.05, 3.63) is 100 Å². The lowest BCUT2D eigenvalue weighted by Gasteiger charge is -2.18. The fourth-order valence-electron chi connectivity index (χ4n) is 5.18. The molecule has 3 aromatic carbocycles. The topological polar surface area (TPSA) is 43.0 Å². The fourth-order valence-corrected chi connectivity index (χ4v) is 5.32. The molecule has 2 heterocycles. The number of benzene rings is 3. The van der Waals surface area contributed by atoms with Crippen LogP contribution in [0.25, 0.3) is 33.3 Å². The van der Waals surface area contributed by atoms with Gasteiger partial charge in [0.25, 0.3) is 0 Å². The second-order valence-corrected chi connectivity index (χ2v) is 9.74. The molecule has 0 radical (unpaired) electrons. The summed E-state index contributed by atoms with van der Waals surface area (Å²) in [5, 5.41) is 17.7. The molecule has 0 aliphatic heterocycles. The molecule has 1 N–H and O–H groups in total. The van der Waals surface area contributed by atoms with Crippen LogP contribution in [0, 0.1) is 27.7 Å². The van der Waals surface area contributed by atoms with E-state index in [1.165, 1.54) is 27.6 Å². The first-order chi connectivity index (χ1) is 16.8. The highest BCUT2D eigenvalue weighted by Gasteiger charge is 2.23. The Labute approximate surface area is 211 Å². The standard InChI is InChI=1S/C30H30ClN3O/c1-19-15-20(2)29-26(16-19)27(23-11-7-5-8-12-23)30(24-13-9-6-10-14-24)33(29)17-25(35)18-34-22(4)28(31)21(3)32-34/h5-16,25,35H,17-18H2,1-4H3/t25-/m0/s1. The van der Waals surface area contributed by atoms with Gasteiger partial charge in [0.05, 0.1) is 46.8 Å². The molecule has 5 aromatic rings. The first-order valence-corrected chi connectivity index (χ1v) is 12.3. The Morgan fingerprint density at radius 1 is 0.857 bits per heavy atom. The van der Waals surface area contributed by atoms with E-state index in [1.807, 2.05) is 30.7 Å². The number of nitrogens with zero attached hydrogens (tertiary/aromatic N) is 3. The van der Waals surface area contributed by atoms with Gasteiger partial charge in [0.15, 0.2) is 0 Å². The summed E-state index contributed by atoms with van der Waals surface area (Å²) >= 11 is 6.36. The van der Waals surface area contributed by atoms with Crippen LogP contribution in [0.15, 0.2) is 72.8 Å². The maximum atomic E-state index is 11.3. The van der Waals surface area contributed by atoms with E-state index in [0.29, 0.717) is 18.1 Å². The average molecular weight is 484 g/mol. The fraction of sp³-hybridized carbons (Fsp3) is 0.233.